The minimum Gasteiger partial charge on any atom is -0.364 e. The standard InChI is InChI=1S/C11H9BrN4O/c12-7-2-1-3-8(6-7)16-11-9(10(13)17)14-4-5-15-11/h1-6H,(H2,13,17)(H,15,16). The lowest BCUT2D eigenvalue weighted by atomic mass is 10.3. The molecule has 0 aliphatic heterocycles. The van der Waals surface area contributed by atoms with Crippen LogP contribution in [0.25, 0.3) is 0 Å². The van der Waals surface area contributed by atoms with E-state index in [1.54, 1.807) is 0 Å². The Morgan fingerprint density at radius 2 is 2.06 bits per heavy atom. The number of primary amides is 1. The van der Waals surface area contributed by atoms with Crippen LogP contribution in [0.2, 0.25) is 0 Å². The lowest BCUT2D eigenvalue weighted by molar-refractivity contribution is 0.0996. The van der Waals surface area contributed by atoms with E-state index >= 15 is 0 Å². The molecule has 1 aromatic carbocycles. The summed E-state index contributed by atoms with van der Waals surface area (Å²) in [5.41, 5.74) is 6.12. The van der Waals surface area contributed by atoms with Crippen LogP contribution >= 0.6 is 15.9 Å². The number of amides is 1. The number of nitrogens with two attached hydrogens (primary N) is 1. The van der Waals surface area contributed by atoms with Crippen LogP contribution in [0.5, 0.6) is 0 Å². The molecule has 0 bridgehead atoms. The van der Waals surface area contributed by atoms with E-state index < -0.39 is 5.91 Å². The topological polar surface area (TPSA) is 80.9 Å². The number of hydrogen-bond donors (Lipinski definition) is 2. The lowest BCUT2D eigenvalue weighted by Gasteiger charge is -2.07. The van der Waals surface area contributed by atoms with Gasteiger partial charge >= 0.3 is 0 Å². The third-order valence-electron chi connectivity index (χ3n) is 2.02. The Labute approximate surface area is 106 Å². The van der Waals surface area contributed by atoms with Crippen molar-refractivity contribution >= 4 is 33.3 Å². The largest absolute Gasteiger partial charge is 0.364 e. The molecule has 1 amide bonds. The number of halogens is 1. The molecule has 1 aromatic heterocycles. The highest BCUT2D eigenvalue weighted by molar-refractivity contribution is 9.10. The van der Waals surface area contributed by atoms with Gasteiger partial charge in [-0.15, -0.1) is 0 Å². The quantitative estimate of drug-likeness (QED) is 0.908. The van der Waals surface area contributed by atoms with Gasteiger partial charge in [0.05, 0.1) is 0 Å². The number of carbonyl (C=O) groups excluding carboxylic acids is 1. The van der Waals surface area contributed by atoms with Crippen LogP contribution in [0, 0.1) is 0 Å². The minimum atomic E-state index is -0.615. The molecule has 2 aromatic rings. The summed E-state index contributed by atoms with van der Waals surface area (Å²) in [5.74, 6) is -0.270. The summed E-state index contributed by atoms with van der Waals surface area (Å²) in [6, 6.07) is 7.48. The molecule has 0 atom stereocenters. The average Bonchev–Trinajstić information content (AvgIpc) is 2.29. The molecule has 0 saturated heterocycles. The van der Waals surface area contributed by atoms with Crippen molar-refractivity contribution in [1.29, 1.82) is 0 Å². The van der Waals surface area contributed by atoms with E-state index in [-0.39, 0.29) is 5.69 Å². The van der Waals surface area contributed by atoms with E-state index in [4.69, 9.17) is 5.73 Å². The fourth-order valence-electron chi connectivity index (χ4n) is 1.31. The predicted octanol–water partition coefficient (Wildman–Crippen LogP) is 2.08. The van der Waals surface area contributed by atoms with Crippen LogP contribution in [0.15, 0.2) is 41.1 Å². The zero-order chi connectivity index (χ0) is 12.3. The van der Waals surface area contributed by atoms with Crippen molar-refractivity contribution in [1.82, 2.24) is 9.97 Å². The highest BCUT2D eigenvalue weighted by Crippen LogP contribution is 2.20. The highest BCUT2D eigenvalue weighted by atomic mass is 79.9. The summed E-state index contributed by atoms with van der Waals surface area (Å²) in [6.45, 7) is 0. The van der Waals surface area contributed by atoms with Gasteiger partial charge in [0, 0.05) is 22.6 Å². The molecule has 86 valence electrons. The van der Waals surface area contributed by atoms with E-state index in [0.717, 1.165) is 10.2 Å². The summed E-state index contributed by atoms with van der Waals surface area (Å²) in [5, 5.41) is 2.99. The smallest absolute Gasteiger partial charge is 0.271 e. The van der Waals surface area contributed by atoms with Gasteiger partial charge in [-0.25, -0.2) is 9.97 Å². The molecule has 1 heterocycles. The number of nitrogens with one attached hydrogen (secondary N) is 1. The average molecular weight is 293 g/mol. The first kappa shape index (κ1) is 11.5. The van der Waals surface area contributed by atoms with Gasteiger partial charge in [-0.1, -0.05) is 22.0 Å². The first-order chi connectivity index (χ1) is 8.16. The number of anilines is 2. The number of carbonyl (C=O) groups is 1. The van der Waals surface area contributed by atoms with Gasteiger partial charge in [0.15, 0.2) is 11.5 Å². The monoisotopic (exact) mass is 292 g/mol. The molecule has 17 heavy (non-hydrogen) atoms. The van der Waals surface area contributed by atoms with Crippen LogP contribution in [-0.4, -0.2) is 15.9 Å². The molecule has 5 nitrogen and oxygen atoms in total. The van der Waals surface area contributed by atoms with E-state index in [1.165, 1.54) is 12.4 Å². The van der Waals surface area contributed by atoms with Gasteiger partial charge in [0.2, 0.25) is 0 Å². The summed E-state index contributed by atoms with van der Waals surface area (Å²) in [6.07, 6.45) is 2.92. The van der Waals surface area contributed by atoms with Crippen LogP contribution in [0.3, 0.4) is 0 Å². The number of rotatable bonds is 3. The van der Waals surface area contributed by atoms with Crippen molar-refractivity contribution in [2.75, 3.05) is 5.32 Å². The van der Waals surface area contributed by atoms with Crippen molar-refractivity contribution < 1.29 is 4.79 Å². The van der Waals surface area contributed by atoms with Gasteiger partial charge < -0.3 is 11.1 Å². The Morgan fingerprint density at radius 1 is 1.29 bits per heavy atom. The third kappa shape index (κ3) is 2.79. The molecule has 0 spiro atoms. The molecule has 6 heteroatoms. The van der Waals surface area contributed by atoms with E-state index in [9.17, 15) is 4.79 Å². The summed E-state index contributed by atoms with van der Waals surface area (Å²) in [7, 11) is 0. The zero-order valence-corrected chi connectivity index (χ0v) is 10.3. The van der Waals surface area contributed by atoms with Crippen LogP contribution in [-0.2, 0) is 0 Å². The Kier molecular flexibility index (Phi) is 3.34. The number of aromatic nitrogens is 2. The Balaban J connectivity index is 2.33. The first-order valence-corrected chi connectivity index (χ1v) is 5.59. The molecule has 0 aliphatic rings. The van der Waals surface area contributed by atoms with Gasteiger partial charge in [-0.3, -0.25) is 4.79 Å². The van der Waals surface area contributed by atoms with E-state index in [1.807, 2.05) is 24.3 Å². The number of benzene rings is 1. The normalized spacial score (nSPS) is 9.94. The maximum absolute atomic E-state index is 11.1. The molecule has 3 N–H and O–H groups in total. The summed E-state index contributed by atoms with van der Waals surface area (Å²) < 4.78 is 0.923. The van der Waals surface area contributed by atoms with Crippen LogP contribution < -0.4 is 11.1 Å². The van der Waals surface area contributed by atoms with Gasteiger partial charge in [0.25, 0.3) is 5.91 Å². The van der Waals surface area contributed by atoms with Crippen LogP contribution in [0.4, 0.5) is 11.5 Å². The molecule has 0 unspecified atom stereocenters. The van der Waals surface area contributed by atoms with Crippen LogP contribution in [0.1, 0.15) is 10.5 Å². The molecular weight excluding hydrogens is 284 g/mol. The first-order valence-electron chi connectivity index (χ1n) is 4.80. The number of hydrogen-bond acceptors (Lipinski definition) is 4. The molecule has 0 fully saturated rings. The second-order valence-electron chi connectivity index (χ2n) is 3.25. The second kappa shape index (κ2) is 4.92. The Morgan fingerprint density at radius 3 is 2.76 bits per heavy atom. The molecule has 0 radical (unpaired) electrons. The van der Waals surface area contributed by atoms with Crippen molar-refractivity contribution in [3.05, 3.63) is 46.8 Å². The maximum Gasteiger partial charge on any atom is 0.271 e. The van der Waals surface area contributed by atoms with E-state index in [2.05, 4.69) is 31.2 Å². The fourth-order valence-corrected chi connectivity index (χ4v) is 1.71. The van der Waals surface area contributed by atoms with E-state index in [0.29, 0.717) is 5.82 Å². The summed E-state index contributed by atoms with van der Waals surface area (Å²) >= 11 is 3.36. The molecule has 0 aliphatic carbocycles. The van der Waals surface area contributed by atoms with Crippen molar-refractivity contribution in [3.63, 3.8) is 0 Å². The van der Waals surface area contributed by atoms with Crippen molar-refractivity contribution in [2.45, 2.75) is 0 Å². The molecule has 0 saturated carbocycles. The van der Waals surface area contributed by atoms with Crippen molar-refractivity contribution in [2.24, 2.45) is 5.73 Å². The second-order valence-corrected chi connectivity index (χ2v) is 4.17. The maximum atomic E-state index is 11.1. The minimum absolute atomic E-state index is 0.118. The number of nitrogens with zero attached hydrogens (tertiary/aromatic N) is 2. The Bertz CT molecular complexity index is 559. The van der Waals surface area contributed by atoms with Gasteiger partial charge in [-0.05, 0) is 18.2 Å². The fraction of sp³-hybridized carbons (Fsp3) is 0. The van der Waals surface area contributed by atoms with Crippen molar-refractivity contribution in [3.8, 4) is 0 Å². The third-order valence-corrected chi connectivity index (χ3v) is 2.51. The zero-order valence-electron chi connectivity index (χ0n) is 8.72. The van der Waals surface area contributed by atoms with Gasteiger partial charge in [0.1, 0.15) is 0 Å². The van der Waals surface area contributed by atoms with Gasteiger partial charge in [-0.2, -0.15) is 0 Å². The Hall–Kier alpha value is -1.95. The SMILES string of the molecule is NC(=O)c1nccnc1Nc1cccc(Br)c1. The highest BCUT2D eigenvalue weighted by Gasteiger charge is 2.10. The summed E-state index contributed by atoms with van der Waals surface area (Å²) in [4.78, 5) is 19.1. The predicted molar refractivity (Wildman–Crippen MR) is 68.0 cm³/mol. The lowest BCUT2D eigenvalue weighted by Crippen LogP contribution is -2.16. The molecular formula is C11H9BrN4O. The molecule has 2 rings (SSSR count).